The van der Waals surface area contributed by atoms with Gasteiger partial charge in [-0.2, -0.15) is 0 Å². The molecule has 0 aromatic heterocycles. The molecule has 0 radical (unpaired) electrons. The Bertz CT molecular complexity index is 459. The maximum Gasteiger partial charge on any atom is 0.320 e. The van der Waals surface area contributed by atoms with E-state index in [0.29, 0.717) is 17.9 Å². The molecule has 1 aliphatic heterocycles. The van der Waals surface area contributed by atoms with Crippen molar-refractivity contribution in [1.82, 2.24) is 0 Å². The van der Waals surface area contributed by atoms with Gasteiger partial charge in [-0.3, -0.25) is 4.79 Å². The fraction of sp³-hybridized carbons (Fsp3) is 0.533. The second-order valence-corrected chi connectivity index (χ2v) is 5.10. The van der Waals surface area contributed by atoms with Crippen LogP contribution in [-0.4, -0.2) is 25.3 Å². The minimum atomic E-state index is -0.492. The van der Waals surface area contributed by atoms with E-state index in [-0.39, 0.29) is 18.2 Å². The first-order chi connectivity index (χ1) is 8.99. The number of hydrogen-bond donors (Lipinski definition) is 0. The van der Waals surface area contributed by atoms with E-state index in [0.717, 1.165) is 5.57 Å². The van der Waals surface area contributed by atoms with Gasteiger partial charge in [-0.15, -0.1) is 0 Å². The van der Waals surface area contributed by atoms with Gasteiger partial charge in [-0.1, -0.05) is 11.6 Å². The molecule has 4 heteroatoms. The molecule has 1 fully saturated rings. The molecule has 0 spiro atoms. The van der Waals surface area contributed by atoms with Crippen LogP contribution in [0.1, 0.15) is 27.2 Å². The van der Waals surface area contributed by atoms with Crippen LogP contribution < -0.4 is 0 Å². The molecule has 1 heterocycles. The molecule has 0 amide bonds. The number of fused-ring (bicyclic) bond motifs is 1. The van der Waals surface area contributed by atoms with Crippen molar-refractivity contribution in [3.05, 3.63) is 35.3 Å². The Morgan fingerprint density at radius 3 is 2.58 bits per heavy atom. The van der Waals surface area contributed by atoms with Crippen LogP contribution in [-0.2, 0) is 19.0 Å². The monoisotopic (exact) mass is 264 g/mol. The van der Waals surface area contributed by atoms with Gasteiger partial charge in [-0.05, 0) is 26.8 Å². The Morgan fingerprint density at radius 2 is 1.89 bits per heavy atom. The number of allylic oxidation sites excluding steroid dienone is 3. The Morgan fingerprint density at radius 1 is 1.21 bits per heavy atom. The summed E-state index contributed by atoms with van der Waals surface area (Å²) in [6, 6.07) is 0. The summed E-state index contributed by atoms with van der Waals surface area (Å²) in [6.45, 7) is 5.79. The number of cyclic esters (lactones) is 1. The Labute approximate surface area is 113 Å². The van der Waals surface area contributed by atoms with E-state index in [4.69, 9.17) is 14.2 Å². The molecule has 0 saturated carbocycles. The summed E-state index contributed by atoms with van der Waals surface area (Å²) in [4.78, 5) is 12.2. The second kappa shape index (κ2) is 5.51. The lowest BCUT2D eigenvalue weighted by atomic mass is 10.0. The topological polar surface area (TPSA) is 44.8 Å². The van der Waals surface area contributed by atoms with E-state index >= 15 is 0 Å². The maximum atomic E-state index is 12.2. The zero-order chi connectivity index (χ0) is 14.0. The molecule has 1 aliphatic carbocycles. The normalized spacial score (nSPS) is 31.3. The number of carbonyl (C=O) groups is 1. The van der Waals surface area contributed by atoms with Crippen LogP contribution in [0.15, 0.2) is 35.3 Å². The number of ether oxygens (including phenoxy) is 3. The summed E-state index contributed by atoms with van der Waals surface area (Å²) in [5, 5.41) is 0. The minimum Gasteiger partial charge on any atom is -0.497 e. The highest BCUT2D eigenvalue weighted by Crippen LogP contribution is 2.29. The number of hydrogen-bond acceptors (Lipinski definition) is 4. The van der Waals surface area contributed by atoms with Gasteiger partial charge < -0.3 is 14.2 Å². The molecule has 19 heavy (non-hydrogen) atoms. The van der Waals surface area contributed by atoms with Gasteiger partial charge in [0.1, 0.15) is 23.5 Å². The van der Waals surface area contributed by atoms with Crippen molar-refractivity contribution in [3.63, 3.8) is 0 Å². The summed E-state index contributed by atoms with van der Waals surface area (Å²) in [7, 11) is 1.60. The lowest BCUT2D eigenvalue weighted by Gasteiger charge is -2.28. The van der Waals surface area contributed by atoms with Crippen molar-refractivity contribution in [1.29, 1.82) is 0 Å². The summed E-state index contributed by atoms with van der Waals surface area (Å²) >= 11 is 0. The van der Waals surface area contributed by atoms with E-state index in [1.54, 1.807) is 13.2 Å². The number of methoxy groups -OCH3 is 1. The first-order valence-electron chi connectivity index (χ1n) is 6.52. The van der Waals surface area contributed by atoms with Crippen molar-refractivity contribution in [3.8, 4) is 0 Å². The number of esters is 1. The number of carbonyl (C=O) groups excluding carboxylic acids is 1. The molecular weight excluding hydrogens is 244 g/mol. The smallest absolute Gasteiger partial charge is 0.320 e. The second-order valence-electron chi connectivity index (χ2n) is 5.10. The highest BCUT2D eigenvalue weighted by Gasteiger charge is 2.31. The van der Waals surface area contributed by atoms with Gasteiger partial charge in [0.05, 0.1) is 13.2 Å². The van der Waals surface area contributed by atoms with Gasteiger partial charge in [0.25, 0.3) is 0 Å². The first kappa shape index (κ1) is 13.7. The Kier molecular flexibility index (Phi) is 3.98. The Hall–Kier alpha value is -1.71. The quantitative estimate of drug-likeness (QED) is 0.683. The summed E-state index contributed by atoms with van der Waals surface area (Å²) in [5.74, 6) is 0.513. The van der Waals surface area contributed by atoms with Gasteiger partial charge in [-0.25, -0.2) is 0 Å². The first-order valence-corrected chi connectivity index (χ1v) is 6.52. The maximum absolute atomic E-state index is 12.2. The van der Waals surface area contributed by atoms with Crippen molar-refractivity contribution < 1.29 is 19.0 Å². The molecular formula is C15H20O4. The fourth-order valence-electron chi connectivity index (χ4n) is 2.37. The molecule has 0 N–H and O–H groups in total. The predicted molar refractivity (Wildman–Crippen MR) is 71.1 cm³/mol. The zero-order valence-corrected chi connectivity index (χ0v) is 11.8. The van der Waals surface area contributed by atoms with Crippen LogP contribution in [0.2, 0.25) is 0 Å². The van der Waals surface area contributed by atoms with Crippen molar-refractivity contribution in [2.24, 2.45) is 5.92 Å². The summed E-state index contributed by atoms with van der Waals surface area (Å²) in [6.07, 6.45) is 6.06. The van der Waals surface area contributed by atoms with E-state index in [2.05, 4.69) is 0 Å². The molecule has 0 aromatic carbocycles. The summed E-state index contributed by atoms with van der Waals surface area (Å²) in [5.41, 5.74) is 0.953. The lowest BCUT2D eigenvalue weighted by Crippen LogP contribution is -2.31. The van der Waals surface area contributed by atoms with Gasteiger partial charge >= 0.3 is 5.97 Å². The third kappa shape index (κ3) is 3.19. The molecule has 0 aromatic rings. The van der Waals surface area contributed by atoms with Gasteiger partial charge in [0, 0.05) is 12.5 Å². The number of rotatable bonds is 1. The van der Waals surface area contributed by atoms with Crippen LogP contribution in [0, 0.1) is 5.92 Å². The van der Waals surface area contributed by atoms with E-state index in [1.165, 1.54) is 0 Å². The summed E-state index contributed by atoms with van der Waals surface area (Å²) < 4.78 is 16.6. The molecule has 3 atom stereocenters. The van der Waals surface area contributed by atoms with Crippen LogP contribution in [0.25, 0.3) is 0 Å². The highest BCUT2D eigenvalue weighted by molar-refractivity contribution is 5.78. The zero-order valence-electron chi connectivity index (χ0n) is 11.8. The standard InChI is InChI=1S/C15H20O4/c1-9-5-12(17-4)8-14-13(6-9)15(16)19-11(3)7-10(2)18-14/h5-6,8,10-11,13H,7H2,1-4H3/t10-,11+,13-/m0/s1. The molecule has 0 bridgehead atoms. The van der Waals surface area contributed by atoms with E-state index in [1.807, 2.05) is 32.9 Å². The van der Waals surface area contributed by atoms with E-state index < -0.39 is 5.92 Å². The van der Waals surface area contributed by atoms with E-state index in [9.17, 15) is 4.79 Å². The average molecular weight is 264 g/mol. The molecule has 4 nitrogen and oxygen atoms in total. The molecule has 1 saturated heterocycles. The lowest BCUT2D eigenvalue weighted by molar-refractivity contribution is -0.155. The Balaban J connectivity index is 2.38. The fourth-order valence-corrected chi connectivity index (χ4v) is 2.37. The molecule has 104 valence electrons. The van der Waals surface area contributed by atoms with Gasteiger partial charge in [0.2, 0.25) is 0 Å². The highest BCUT2D eigenvalue weighted by atomic mass is 16.6. The van der Waals surface area contributed by atoms with Crippen LogP contribution in [0.5, 0.6) is 0 Å². The van der Waals surface area contributed by atoms with Crippen molar-refractivity contribution >= 4 is 5.97 Å². The van der Waals surface area contributed by atoms with Crippen molar-refractivity contribution in [2.75, 3.05) is 7.11 Å². The van der Waals surface area contributed by atoms with Crippen LogP contribution in [0.3, 0.4) is 0 Å². The van der Waals surface area contributed by atoms with Crippen LogP contribution in [0.4, 0.5) is 0 Å². The molecule has 2 rings (SSSR count). The largest absolute Gasteiger partial charge is 0.497 e. The van der Waals surface area contributed by atoms with Gasteiger partial charge in [0.15, 0.2) is 0 Å². The van der Waals surface area contributed by atoms with Crippen molar-refractivity contribution in [2.45, 2.75) is 39.4 Å². The predicted octanol–water partition coefficient (Wildman–Crippen LogP) is 2.72. The third-order valence-electron chi connectivity index (χ3n) is 3.20. The minimum absolute atomic E-state index is 0.00163. The molecule has 0 unspecified atom stereocenters. The molecule has 2 aliphatic rings. The SMILES string of the molecule is COC1=CC(C)=C[C@@H]2C(=O)O[C@H](C)C[C@H](C)OC2=C1. The average Bonchev–Trinajstić information content (AvgIpc) is 2.46. The third-order valence-corrected chi connectivity index (χ3v) is 3.20. The van der Waals surface area contributed by atoms with Crippen LogP contribution >= 0.6 is 0 Å².